The van der Waals surface area contributed by atoms with Crippen molar-refractivity contribution in [3.8, 4) is 17.0 Å². The first-order valence-corrected chi connectivity index (χ1v) is 14.8. The quantitative estimate of drug-likeness (QED) is 0.155. The summed E-state index contributed by atoms with van der Waals surface area (Å²) in [5.41, 5.74) is 7.30. The molecule has 2 aromatic carbocycles. The summed E-state index contributed by atoms with van der Waals surface area (Å²) in [6.07, 6.45) is 2.75. The van der Waals surface area contributed by atoms with Crippen molar-refractivity contribution in [2.75, 3.05) is 30.5 Å². The Bertz CT molecular complexity index is 1490. The van der Waals surface area contributed by atoms with Crippen LogP contribution >= 0.6 is 11.6 Å². The van der Waals surface area contributed by atoms with Crippen LogP contribution in [-0.2, 0) is 20.2 Å². The van der Waals surface area contributed by atoms with E-state index in [4.69, 9.17) is 26.8 Å². The van der Waals surface area contributed by atoms with E-state index in [2.05, 4.69) is 19.6 Å². The lowest BCUT2D eigenvalue weighted by molar-refractivity contribution is 0.0607. The number of nitrogens with zero attached hydrogens (tertiary/aromatic N) is 3. The van der Waals surface area contributed by atoms with Gasteiger partial charge < -0.3 is 20.5 Å². The van der Waals surface area contributed by atoms with Crippen molar-refractivity contribution in [2.24, 2.45) is 4.36 Å². The molecule has 0 aliphatic rings. The Morgan fingerprint density at radius 2 is 1.93 bits per heavy atom. The molecule has 40 heavy (non-hydrogen) atoms. The minimum absolute atomic E-state index is 0.0217. The van der Waals surface area contributed by atoms with Gasteiger partial charge in [0.15, 0.2) is 5.82 Å². The van der Waals surface area contributed by atoms with Gasteiger partial charge in [0.1, 0.15) is 22.9 Å². The molecule has 1 heterocycles. The summed E-state index contributed by atoms with van der Waals surface area (Å²) in [5, 5.41) is 3.11. The van der Waals surface area contributed by atoms with Gasteiger partial charge in [-0.25, -0.2) is 27.8 Å². The van der Waals surface area contributed by atoms with Gasteiger partial charge in [-0.3, -0.25) is 0 Å². The lowest BCUT2D eigenvalue weighted by atomic mass is 10.1. The lowest BCUT2D eigenvalue weighted by Gasteiger charge is -2.17. The molecular formula is C27H32ClF2N5O4S. The largest absolute Gasteiger partial charge is 0.493 e. The zero-order valence-electron chi connectivity index (χ0n) is 22.7. The average molecular weight is 596 g/mol. The van der Waals surface area contributed by atoms with Crippen LogP contribution in [0.3, 0.4) is 0 Å². The third-order valence-corrected chi connectivity index (χ3v) is 6.77. The predicted octanol–water partition coefficient (Wildman–Crippen LogP) is 6.46. The van der Waals surface area contributed by atoms with E-state index in [0.717, 1.165) is 12.3 Å². The molecule has 216 valence electrons. The molecule has 0 saturated heterocycles. The number of nitrogen functional groups attached to an aromatic ring is 1. The fraction of sp³-hybridized carbons (Fsp3) is 0.370. The molecule has 3 N–H and O–H groups in total. The average Bonchev–Trinajstić information content (AvgIpc) is 2.80. The molecule has 9 nitrogen and oxygen atoms in total. The number of carbonyl (C=O) groups is 1. The number of ether oxygens (including phenoxy) is 2. The van der Waals surface area contributed by atoms with Gasteiger partial charge in [-0.1, -0.05) is 0 Å². The summed E-state index contributed by atoms with van der Waals surface area (Å²) in [5.74, 6) is -1.08. The summed E-state index contributed by atoms with van der Waals surface area (Å²) in [6.45, 7) is 5.91. The van der Waals surface area contributed by atoms with Crippen LogP contribution in [0.1, 0.15) is 39.2 Å². The van der Waals surface area contributed by atoms with Crippen molar-refractivity contribution >= 4 is 38.8 Å². The SMILES string of the molecule is CC(C)(C)OC(=O)N=S(C)(=O)Cc1cc(N)cc(NCCCCOc2cc(F)ccc2-c2nc(Cl)ncc2F)c1. The number of amides is 1. The lowest BCUT2D eigenvalue weighted by Crippen LogP contribution is -2.22. The minimum Gasteiger partial charge on any atom is -0.493 e. The predicted molar refractivity (Wildman–Crippen MR) is 153 cm³/mol. The maximum atomic E-state index is 14.3. The Labute approximate surface area is 237 Å². The monoisotopic (exact) mass is 595 g/mol. The Kier molecular flexibility index (Phi) is 10.3. The molecule has 3 aromatic rings. The fourth-order valence-corrected chi connectivity index (χ4v) is 5.01. The fourth-order valence-electron chi connectivity index (χ4n) is 3.67. The molecule has 0 radical (unpaired) electrons. The Morgan fingerprint density at radius 3 is 2.65 bits per heavy atom. The number of hydrogen-bond acceptors (Lipinski definition) is 8. The first kappa shape index (κ1) is 31.0. The van der Waals surface area contributed by atoms with E-state index in [1.807, 2.05) is 0 Å². The number of nitrogens with two attached hydrogens (primary N) is 1. The van der Waals surface area contributed by atoms with Gasteiger partial charge in [0, 0.05) is 35.8 Å². The van der Waals surface area contributed by atoms with Crippen molar-refractivity contribution in [1.29, 1.82) is 0 Å². The molecule has 1 atom stereocenters. The molecule has 13 heteroatoms. The van der Waals surface area contributed by atoms with Gasteiger partial charge in [0.05, 0.1) is 28.3 Å². The molecule has 0 aliphatic heterocycles. The Morgan fingerprint density at radius 1 is 1.18 bits per heavy atom. The summed E-state index contributed by atoms with van der Waals surface area (Å²) < 4.78 is 55.6. The van der Waals surface area contributed by atoms with E-state index in [1.165, 1.54) is 18.4 Å². The second-order valence-electron chi connectivity index (χ2n) is 10.1. The third-order valence-electron chi connectivity index (χ3n) is 5.18. The Balaban J connectivity index is 1.55. The number of anilines is 2. The molecular weight excluding hydrogens is 564 g/mol. The summed E-state index contributed by atoms with van der Waals surface area (Å²) >= 11 is 5.80. The molecule has 1 amide bonds. The molecule has 0 bridgehead atoms. The van der Waals surface area contributed by atoms with Gasteiger partial charge in [0.25, 0.3) is 0 Å². The standard InChI is InChI=1S/C27H32ClF2N5O4S/c1-27(2,3)39-26(36)35-40(4,37)16-17-11-19(31)14-20(12-17)32-9-5-6-10-38-23-13-18(29)7-8-21(23)24-22(30)15-33-25(28)34-24/h7-8,11-15,32H,5-6,9-10,16,31H2,1-4H3. The first-order valence-electron chi connectivity index (χ1n) is 12.4. The summed E-state index contributed by atoms with van der Waals surface area (Å²) in [4.78, 5) is 19.5. The summed E-state index contributed by atoms with van der Waals surface area (Å²) in [6, 6.07) is 8.93. The molecule has 1 unspecified atom stereocenters. The zero-order chi connectivity index (χ0) is 29.5. The van der Waals surface area contributed by atoms with Crippen LogP contribution in [0.2, 0.25) is 5.28 Å². The molecule has 0 saturated carbocycles. The van der Waals surface area contributed by atoms with Gasteiger partial charge in [-0.15, -0.1) is 4.36 Å². The van der Waals surface area contributed by atoms with Crippen molar-refractivity contribution < 1.29 is 27.3 Å². The maximum Gasteiger partial charge on any atom is 0.442 e. The Hall–Kier alpha value is -3.51. The maximum absolute atomic E-state index is 14.3. The number of halogens is 3. The van der Waals surface area contributed by atoms with Crippen LogP contribution in [0.15, 0.2) is 47.0 Å². The van der Waals surface area contributed by atoms with E-state index in [9.17, 15) is 17.8 Å². The van der Waals surface area contributed by atoms with Crippen LogP contribution in [0.25, 0.3) is 11.3 Å². The normalized spacial score (nSPS) is 12.9. The van der Waals surface area contributed by atoms with E-state index in [0.29, 0.717) is 36.3 Å². The number of aromatic nitrogens is 2. The smallest absolute Gasteiger partial charge is 0.442 e. The molecule has 0 spiro atoms. The highest BCUT2D eigenvalue weighted by atomic mass is 35.5. The molecule has 0 fully saturated rings. The van der Waals surface area contributed by atoms with Crippen molar-refractivity contribution in [1.82, 2.24) is 9.97 Å². The van der Waals surface area contributed by atoms with E-state index >= 15 is 0 Å². The van der Waals surface area contributed by atoms with Crippen LogP contribution in [0.5, 0.6) is 5.75 Å². The number of carbonyl (C=O) groups excluding carboxylic acids is 1. The van der Waals surface area contributed by atoms with E-state index < -0.39 is 33.1 Å². The third kappa shape index (κ3) is 9.91. The highest BCUT2D eigenvalue weighted by Crippen LogP contribution is 2.32. The van der Waals surface area contributed by atoms with Crippen molar-refractivity contribution in [3.63, 3.8) is 0 Å². The van der Waals surface area contributed by atoms with Crippen LogP contribution in [-0.4, -0.2) is 45.3 Å². The van der Waals surface area contributed by atoms with E-state index in [1.54, 1.807) is 39.0 Å². The second kappa shape index (κ2) is 13.2. The topological polar surface area (TPSA) is 129 Å². The van der Waals surface area contributed by atoms with Crippen molar-refractivity contribution in [3.05, 3.63) is 65.1 Å². The minimum atomic E-state index is -2.90. The van der Waals surface area contributed by atoms with Gasteiger partial charge in [0.2, 0.25) is 5.28 Å². The van der Waals surface area contributed by atoms with E-state index in [-0.39, 0.29) is 34.7 Å². The highest BCUT2D eigenvalue weighted by Gasteiger charge is 2.18. The van der Waals surface area contributed by atoms with Crippen LogP contribution in [0.4, 0.5) is 25.0 Å². The van der Waals surface area contributed by atoms with Gasteiger partial charge >= 0.3 is 6.09 Å². The highest BCUT2D eigenvalue weighted by molar-refractivity contribution is 7.92. The molecule has 0 aliphatic carbocycles. The second-order valence-corrected chi connectivity index (χ2v) is 12.8. The van der Waals surface area contributed by atoms with Gasteiger partial charge in [-0.05, 0) is 81.1 Å². The number of hydrogen-bond donors (Lipinski definition) is 2. The number of rotatable bonds is 10. The van der Waals surface area contributed by atoms with Crippen LogP contribution in [0, 0.1) is 11.6 Å². The zero-order valence-corrected chi connectivity index (χ0v) is 24.2. The molecule has 1 aromatic heterocycles. The molecule has 3 rings (SSSR count). The summed E-state index contributed by atoms with van der Waals surface area (Å²) in [7, 11) is -2.90. The number of unbranched alkanes of at least 4 members (excludes halogenated alkanes) is 1. The van der Waals surface area contributed by atoms with Crippen LogP contribution < -0.4 is 15.8 Å². The first-order chi connectivity index (χ1) is 18.7. The van der Waals surface area contributed by atoms with Crippen molar-refractivity contribution in [2.45, 2.75) is 45.0 Å². The number of benzene rings is 2. The van der Waals surface area contributed by atoms with Gasteiger partial charge in [-0.2, -0.15) is 0 Å². The number of nitrogens with one attached hydrogen (secondary N) is 1.